The van der Waals surface area contributed by atoms with Gasteiger partial charge in [-0.05, 0) is 49.6 Å². The molecule has 2 aromatic rings. The van der Waals surface area contributed by atoms with Gasteiger partial charge in [0.1, 0.15) is 0 Å². The fourth-order valence-electron chi connectivity index (χ4n) is 2.95. The molecule has 6 nitrogen and oxygen atoms in total. The summed E-state index contributed by atoms with van der Waals surface area (Å²) in [7, 11) is 0. The van der Waals surface area contributed by atoms with Crippen molar-refractivity contribution in [1.29, 1.82) is 0 Å². The third-order valence-electron chi connectivity index (χ3n) is 4.53. The van der Waals surface area contributed by atoms with E-state index in [2.05, 4.69) is 22.9 Å². The van der Waals surface area contributed by atoms with Gasteiger partial charge >= 0.3 is 0 Å². The number of benzene rings is 2. The highest BCUT2D eigenvalue weighted by Gasteiger charge is 2.24. The Morgan fingerprint density at radius 2 is 1.78 bits per heavy atom. The molecule has 1 fully saturated rings. The zero-order chi connectivity index (χ0) is 19.2. The first kappa shape index (κ1) is 18.6. The molecule has 3 rings (SSSR count). The van der Waals surface area contributed by atoms with Crippen LogP contribution in [0.3, 0.4) is 0 Å². The van der Waals surface area contributed by atoms with Crippen LogP contribution in [-0.2, 0) is 16.0 Å². The van der Waals surface area contributed by atoms with Gasteiger partial charge in [-0.1, -0.05) is 30.3 Å². The summed E-state index contributed by atoms with van der Waals surface area (Å²) in [5.41, 5.74) is 4.84. The summed E-state index contributed by atoms with van der Waals surface area (Å²) in [5, 5.41) is 4.22. The summed E-state index contributed by atoms with van der Waals surface area (Å²) in [6, 6.07) is 16.8. The van der Waals surface area contributed by atoms with Crippen LogP contribution >= 0.6 is 0 Å². The molecule has 3 amide bonds. The lowest BCUT2D eigenvalue weighted by Crippen LogP contribution is -2.50. The van der Waals surface area contributed by atoms with Gasteiger partial charge in [0.15, 0.2) is 0 Å². The van der Waals surface area contributed by atoms with Gasteiger partial charge in [0.05, 0.1) is 5.69 Å². The highest BCUT2D eigenvalue weighted by molar-refractivity contribution is 6.01. The van der Waals surface area contributed by atoms with E-state index in [1.165, 1.54) is 10.6 Å². The Kier molecular flexibility index (Phi) is 5.86. The molecule has 2 N–H and O–H groups in total. The molecule has 6 heteroatoms. The molecule has 27 heavy (non-hydrogen) atoms. The van der Waals surface area contributed by atoms with Crippen LogP contribution in [0, 0.1) is 0 Å². The minimum Gasteiger partial charge on any atom is -0.350 e. The van der Waals surface area contributed by atoms with Gasteiger partial charge < -0.3 is 5.32 Å². The number of rotatable bonds is 6. The van der Waals surface area contributed by atoms with Crippen molar-refractivity contribution >= 4 is 23.4 Å². The second-order valence-corrected chi connectivity index (χ2v) is 6.71. The van der Waals surface area contributed by atoms with Crippen molar-refractivity contribution in [3.8, 4) is 0 Å². The maximum atomic E-state index is 12.4. The quantitative estimate of drug-likeness (QED) is 0.826. The number of carbonyl (C=O) groups is 3. The molecule has 1 aliphatic heterocycles. The van der Waals surface area contributed by atoms with Crippen LogP contribution in [0.5, 0.6) is 0 Å². The van der Waals surface area contributed by atoms with E-state index >= 15 is 0 Å². The highest BCUT2D eigenvalue weighted by Crippen LogP contribution is 2.18. The van der Waals surface area contributed by atoms with Gasteiger partial charge in [0.2, 0.25) is 11.8 Å². The van der Waals surface area contributed by atoms with E-state index in [4.69, 9.17) is 0 Å². The predicted octanol–water partition coefficient (Wildman–Crippen LogP) is 2.60. The lowest BCUT2D eigenvalue weighted by molar-refractivity contribution is -0.130. The molecule has 0 spiro atoms. The van der Waals surface area contributed by atoms with Crippen LogP contribution in [0.4, 0.5) is 5.69 Å². The Hall–Kier alpha value is -3.15. The Labute approximate surface area is 158 Å². The van der Waals surface area contributed by atoms with E-state index in [-0.39, 0.29) is 36.6 Å². The van der Waals surface area contributed by atoms with E-state index in [9.17, 15) is 14.4 Å². The van der Waals surface area contributed by atoms with Crippen molar-refractivity contribution in [2.75, 3.05) is 5.01 Å². The molecule has 1 saturated heterocycles. The van der Waals surface area contributed by atoms with Crippen LogP contribution in [-0.4, -0.2) is 23.8 Å². The van der Waals surface area contributed by atoms with Crippen molar-refractivity contribution < 1.29 is 14.4 Å². The van der Waals surface area contributed by atoms with Crippen LogP contribution < -0.4 is 15.8 Å². The second kappa shape index (κ2) is 8.49. The van der Waals surface area contributed by atoms with E-state index in [1.54, 1.807) is 24.3 Å². The monoisotopic (exact) mass is 365 g/mol. The number of anilines is 1. The summed E-state index contributed by atoms with van der Waals surface area (Å²) in [5.74, 6) is -0.513. The summed E-state index contributed by atoms with van der Waals surface area (Å²) in [4.78, 5) is 35.8. The molecule has 1 heterocycles. The average Bonchev–Trinajstić information content (AvgIpc) is 2.69. The van der Waals surface area contributed by atoms with E-state index in [0.29, 0.717) is 11.3 Å². The topological polar surface area (TPSA) is 78.5 Å². The van der Waals surface area contributed by atoms with Gasteiger partial charge in [-0.15, -0.1) is 0 Å². The first-order valence-corrected chi connectivity index (χ1v) is 9.10. The normalized spacial score (nSPS) is 15.2. The minimum absolute atomic E-state index is 0.0420. The fraction of sp³-hybridized carbons (Fsp3) is 0.286. The van der Waals surface area contributed by atoms with Crippen molar-refractivity contribution in [1.82, 2.24) is 10.7 Å². The molecule has 2 aromatic carbocycles. The van der Waals surface area contributed by atoms with Gasteiger partial charge in [0, 0.05) is 24.4 Å². The molecule has 1 aliphatic rings. The average molecular weight is 365 g/mol. The number of hydrazine groups is 1. The number of carbonyl (C=O) groups excluding carboxylic acids is 3. The van der Waals surface area contributed by atoms with Crippen LogP contribution in [0.2, 0.25) is 0 Å². The van der Waals surface area contributed by atoms with E-state index in [0.717, 1.165) is 12.8 Å². The maximum absolute atomic E-state index is 12.4. The van der Waals surface area contributed by atoms with Crippen molar-refractivity contribution in [3.63, 3.8) is 0 Å². The summed E-state index contributed by atoms with van der Waals surface area (Å²) >= 11 is 0. The summed E-state index contributed by atoms with van der Waals surface area (Å²) < 4.78 is 0. The molecule has 0 aliphatic carbocycles. The zero-order valence-electron chi connectivity index (χ0n) is 15.3. The molecule has 140 valence electrons. The maximum Gasteiger partial charge on any atom is 0.251 e. The van der Waals surface area contributed by atoms with Gasteiger partial charge in [-0.3, -0.25) is 19.8 Å². The van der Waals surface area contributed by atoms with Gasteiger partial charge in [-0.2, -0.15) is 0 Å². The molecule has 0 unspecified atom stereocenters. The van der Waals surface area contributed by atoms with E-state index in [1.807, 2.05) is 25.1 Å². The highest BCUT2D eigenvalue weighted by atomic mass is 16.2. The van der Waals surface area contributed by atoms with Crippen LogP contribution in [0.15, 0.2) is 54.6 Å². The predicted molar refractivity (Wildman–Crippen MR) is 103 cm³/mol. The first-order valence-electron chi connectivity index (χ1n) is 9.10. The third kappa shape index (κ3) is 4.94. The second-order valence-electron chi connectivity index (χ2n) is 6.71. The molecule has 0 bridgehead atoms. The van der Waals surface area contributed by atoms with Crippen molar-refractivity contribution in [2.24, 2.45) is 0 Å². The van der Waals surface area contributed by atoms with Crippen LogP contribution in [0.1, 0.15) is 42.1 Å². The lowest BCUT2D eigenvalue weighted by atomic mass is 10.1. The zero-order valence-corrected chi connectivity index (χ0v) is 15.3. The Morgan fingerprint density at radius 3 is 2.48 bits per heavy atom. The minimum atomic E-state index is -0.191. The largest absolute Gasteiger partial charge is 0.350 e. The number of hydrogen-bond acceptors (Lipinski definition) is 3. The van der Waals surface area contributed by atoms with Crippen LogP contribution in [0.25, 0.3) is 0 Å². The summed E-state index contributed by atoms with van der Waals surface area (Å²) in [6.45, 7) is 1.98. The SMILES string of the molecule is C[C@H](CCc1ccccc1)NC(=O)c1ccc(N2NC(=O)CCC2=O)cc1. The molecular weight excluding hydrogens is 342 g/mol. The number of nitrogens with zero attached hydrogens (tertiary/aromatic N) is 1. The van der Waals surface area contributed by atoms with Crippen molar-refractivity contribution in [3.05, 3.63) is 65.7 Å². The number of aryl methyl sites for hydroxylation is 1. The summed E-state index contributed by atoms with van der Waals surface area (Å²) in [6.07, 6.45) is 2.14. The molecular formula is C21H23N3O3. The third-order valence-corrected chi connectivity index (χ3v) is 4.53. The van der Waals surface area contributed by atoms with Crippen molar-refractivity contribution in [2.45, 2.75) is 38.6 Å². The Bertz CT molecular complexity index is 818. The smallest absolute Gasteiger partial charge is 0.251 e. The molecule has 0 aromatic heterocycles. The standard InChI is InChI=1S/C21H23N3O3/c1-15(7-8-16-5-3-2-4-6-16)22-21(27)17-9-11-18(12-10-17)24-20(26)14-13-19(25)23-24/h2-6,9-12,15H,7-8,13-14H2,1H3,(H,22,27)(H,23,25)/t15-/m1/s1. The first-order chi connectivity index (χ1) is 13.0. The Balaban J connectivity index is 1.55. The molecule has 1 atom stereocenters. The lowest BCUT2D eigenvalue weighted by Gasteiger charge is -2.27. The van der Waals surface area contributed by atoms with Gasteiger partial charge in [0.25, 0.3) is 5.91 Å². The number of amides is 3. The van der Waals surface area contributed by atoms with Gasteiger partial charge in [-0.25, -0.2) is 5.01 Å². The number of hydrogen-bond donors (Lipinski definition) is 2. The van der Waals surface area contributed by atoms with E-state index < -0.39 is 0 Å². The molecule has 0 radical (unpaired) electrons. The molecule has 0 saturated carbocycles. The Morgan fingerprint density at radius 1 is 1.07 bits per heavy atom. The number of nitrogens with one attached hydrogen (secondary N) is 2. The fourth-order valence-corrected chi connectivity index (χ4v) is 2.95.